The maximum absolute atomic E-state index is 5.47. The fraction of sp³-hybridized carbons (Fsp3) is 0.0741. The van der Waals surface area contributed by atoms with Crippen molar-refractivity contribution < 1.29 is 0 Å². The molecular formula is C27H26N5PS. The second-order valence-electron chi connectivity index (χ2n) is 7.73. The van der Waals surface area contributed by atoms with Gasteiger partial charge in [0, 0.05) is 30.2 Å². The zero-order chi connectivity index (χ0) is 23.2. The highest BCUT2D eigenvalue weighted by atomic mass is 32.1. The first-order chi connectivity index (χ1) is 16.8. The van der Waals surface area contributed by atoms with Gasteiger partial charge in [-0.1, -0.05) is 66.7 Å². The van der Waals surface area contributed by atoms with Gasteiger partial charge in [0.25, 0.3) is 0 Å². The van der Waals surface area contributed by atoms with E-state index in [1.54, 1.807) is 0 Å². The summed E-state index contributed by atoms with van der Waals surface area (Å²) in [7, 11) is -0.917. The van der Waals surface area contributed by atoms with Crippen LogP contribution in [0.15, 0.2) is 115 Å². The molecule has 0 saturated carbocycles. The third kappa shape index (κ3) is 4.90. The normalized spacial score (nSPS) is 12.9. The van der Waals surface area contributed by atoms with Crippen LogP contribution in [0.4, 0.5) is 28.4 Å². The first-order valence-corrected chi connectivity index (χ1v) is 12.9. The van der Waals surface area contributed by atoms with Crippen molar-refractivity contribution in [1.82, 2.24) is 10.4 Å². The molecule has 170 valence electrons. The summed E-state index contributed by atoms with van der Waals surface area (Å²) in [4.78, 5) is 0. The molecule has 0 unspecified atom stereocenters. The number of nitrogens with zero attached hydrogens (tertiary/aromatic N) is 2. The Labute approximate surface area is 207 Å². The summed E-state index contributed by atoms with van der Waals surface area (Å²) >= 11 is 5.47. The molecule has 0 atom stereocenters. The lowest BCUT2D eigenvalue weighted by Crippen LogP contribution is -2.35. The summed E-state index contributed by atoms with van der Waals surface area (Å²) in [6, 6.07) is 39.7. The molecule has 4 aromatic rings. The molecule has 0 saturated heterocycles. The van der Waals surface area contributed by atoms with Crippen LogP contribution in [-0.2, 0) is 0 Å². The minimum atomic E-state index is -0.917. The molecule has 1 aliphatic heterocycles. The molecule has 1 heterocycles. The SMILES string of the molecule is S=C(NCCNP1N(c2ccccc2)c2ccccc2N1c1ccccc1)Nc1ccccc1. The third-order valence-corrected chi connectivity index (χ3v) is 7.82. The summed E-state index contributed by atoms with van der Waals surface area (Å²) in [6.45, 7) is 1.46. The largest absolute Gasteiger partial charge is 0.361 e. The molecule has 0 spiro atoms. The van der Waals surface area contributed by atoms with Crippen LogP contribution in [0.25, 0.3) is 0 Å². The van der Waals surface area contributed by atoms with E-state index in [-0.39, 0.29) is 0 Å². The van der Waals surface area contributed by atoms with Crippen molar-refractivity contribution in [3.8, 4) is 0 Å². The van der Waals surface area contributed by atoms with E-state index in [0.29, 0.717) is 11.7 Å². The first-order valence-electron chi connectivity index (χ1n) is 11.2. The quantitative estimate of drug-likeness (QED) is 0.153. The molecular weight excluding hydrogens is 457 g/mol. The van der Waals surface area contributed by atoms with Crippen LogP contribution in [0.3, 0.4) is 0 Å². The van der Waals surface area contributed by atoms with Crippen LogP contribution in [0.2, 0.25) is 0 Å². The number of para-hydroxylation sites is 5. The zero-order valence-corrected chi connectivity index (χ0v) is 20.3. The molecule has 5 rings (SSSR count). The van der Waals surface area contributed by atoms with Gasteiger partial charge in [-0.3, -0.25) is 14.4 Å². The lowest BCUT2D eigenvalue weighted by atomic mass is 10.2. The van der Waals surface area contributed by atoms with Crippen molar-refractivity contribution in [1.29, 1.82) is 0 Å². The van der Waals surface area contributed by atoms with Crippen LogP contribution >= 0.6 is 20.6 Å². The number of thiocarbonyl (C=S) groups is 1. The molecule has 0 aromatic heterocycles. The van der Waals surface area contributed by atoms with Gasteiger partial charge in [0.2, 0.25) is 0 Å². The van der Waals surface area contributed by atoms with Gasteiger partial charge in [-0.05, 0) is 60.7 Å². The maximum atomic E-state index is 5.47. The number of fused-ring (bicyclic) bond motifs is 1. The Hall–Kier alpha value is -3.44. The molecule has 3 N–H and O–H groups in total. The molecule has 1 aliphatic rings. The van der Waals surface area contributed by atoms with Crippen molar-refractivity contribution in [3.05, 3.63) is 115 Å². The highest BCUT2D eigenvalue weighted by Crippen LogP contribution is 2.63. The number of rotatable bonds is 7. The Kier molecular flexibility index (Phi) is 7.01. The average Bonchev–Trinajstić information content (AvgIpc) is 3.22. The van der Waals surface area contributed by atoms with E-state index in [0.717, 1.165) is 12.2 Å². The maximum Gasteiger partial charge on any atom is 0.185 e. The van der Waals surface area contributed by atoms with Crippen molar-refractivity contribution in [3.63, 3.8) is 0 Å². The summed E-state index contributed by atoms with van der Waals surface area (Å²) in [5.74, 6) is 0. The van der Waals surface area contributed by atoms with Crippen LogP contribution in [0.5, 0.6) is 0 Å². The van der Waals surface area contributed by atoms with Crippen LogP contribution < -0.4 is 25.1 Å². The van der Waals surface area contributed by atoms with E-state index >= 15 is 0 Å². The average molecular weight is 484 g/mol. The van der Waals surface area contributed by atoms with Crippen molar-refractivity contribution in [2.24, 2.45) is 0 Å². The van der Waals surface area contributed by atoms with Crippen molar-refractivity contribution >= 4 is 54.1 Å². The van der Waals surface area contributed by atoms with Gasteiger partial charge in [-0.2, -0.15) is 0 Å². The van der Waals surface area contributed by atoms with E-state index in [1.165, 1.54) is 22.7 Å². The third-order valence-electron chi connectivity index (χ3n) is 5.41. The lowest BCUT2D eigenvalue weighted by Gasteiger charge is -2.32. The Morgan fingerprint density at radius 1 is 0.618 bits per heavy atom. The van der Waals surface area contributed by atoms with E-state index in [2.05, 4.69) is 110 Å². The molecule has 0 fully saturated rings. The lowest BCUT2D eigenvalue weighted by molar-refractivity contribution is 0.834. The highest BCUT2D eigenvalue weighted by Gasteiger charge is 2.38. The van der Waals surface area contributed by atoms with Crippen LogP contribution in [0, 0.1) is 0 Å². The van der Waals surface area contributed by atoms with E-state index in [1.807, 2.05) is 30.3 Å². The Bertz CT molecular complexity index is 1160. The first kappa shape index (κ1) is 22.4. The second kappa shape index (κ2) is 10.7. The molecule has 0 amide bonds. The van der Waals surface area contributed by atoms with Gasteiger partial charge in [0.15, 0.2) is 13.5 Å². The van der Waals surface area contributed by atoms with E-state index in [4.69, 9.17) is 12.2 Å². The summed E-state index contributed by atoms with van der Waals surface area (Å²) in [6.07, 6.45) is 0. The monoisotopic (exact) mass is 483 g/mol. The second-order valence-corrected chi connectivity index (χ2v) is 9.83. The fourth-order valence-corrected chi connectivity index (χ4v) is 6.37. The Morgan fingerprint density at radius 2 is 1.09 bits per heavy atom. The summed E-state index contributed by atoms with van der Waals surface area (Å²) in [5, 5.41) is 11.0. The fourth-order valence-electron chi connectivity index (χ4n) is 3.92. The predicted octanol–water partition coefficient (Wildman–Crippen LogP) is 6.78. The Morgan fingerprint density at radius 3 is 1.62 bits per heavy atom. The van der Waals surface area contributed by atoms with Crippen molar-refractivity contribution in [2.45, 2.75) is 0 Å². The van der Waals surface area contributed by atoms with Gasteiger partial charge in [0.05, 0.1) is 11.4 Å². The number of nitrogens with one attached hydrogen (secondary N) is 3. The number of hydrogen-bond acceptors (Lipinski definition) is 4. The van der Waals surface area contributed by atoms with E-state index in [9.17, 15) is 0 Å². The number of benzene rings is 4. The molecule has 7 heteroatoms. The van der Waals surface area contributed by atoms with Gasteiger partial charge >= 0.3 is 0 Å². The van der Waals surface area contributed by atoms with E-state index < -0.39 is 8.37 Å². The molecule has 0 bridgehead atoms. The molecule has 34 heavy (non-hydrogen) atoms. The molecule has 5 nitrogen and oxygen atoms in total. The molecule has 4 aromatic carbocycles. The minimum Gasteiger partial charge on any atom is -0.361 e. The summed E-state index contributed by atoms with van der Waals surface area (Å²) in [5.41, 5.74) is 5.72. The number of anilines is 5. The van der Waals surface area contributed by atoms with Gasteiger partial charge in [0.1, 0.15) is 0 Å². The van der Waals surface area contributed by atoms with Gasteiger partial charge < -0.3 is 10.6 Å². The standard InChI is InChI=1S/C27H26N5PS/c34-27(30-22-12-4-1-5-13-22)28-20-21-29-33-31(23-14-6-2-7-15-23)25-18-10-11-19-26(25)32(33)24-16-8-3-9-17-24/h1-19,29H,20-21H2,(H2,28,30,34). The number of hydrogen-bond donors (Lipinski definition) is 3. The molecule has 0 aliphatic carbocycles. The topological polar surface area (TPSA) is 42.6 Å². The smallest absolute Gasteiger partial charge is 0.185 e. The zero-order valence-electron chi connectivity index (χ0n) is 18.6. The molecule has 0 radical (unpaired) electrons. The van der Waals surface area contributed by atoms with Crippen LogP contribution in [0.1, 0.15) is 0 Å². The van der Waals surface area contributed by atoms with Gasteiger partial charge in [-0.15, -0.1) is 0 Å². The summed E-state index contributed by atoms with van der Waals surface area (Å²) < 4.78 is 4.83. The van der Waals surface area contributed by atoms with Crippen LogP contribution in [-0.4, -0.2) is 18.2 Å². The highest BCUT2D eigenvalue weighted by molar-refractivity contribution is 7.80. The predicted molar refractivity (Wildman–Crippen MR) is 149 cm³/mol. The van der Waals surface area contributed by atoms with Crippen molar-refractivity contribution in [2.75, 3.05) is 27.7 Å². The minimum absolute atomic E-state index is 0.621. The van der Waals surface area contributed by atoms with Gasteiger partial charge in [-0.25, -0.2) is 0 Å². The Balaban J connectivity index is 1.35.